The topological polar surface area (TPSA) is 20.2 Å². The molecule has 1 N–H and O–H groups in total. The van der Waals surface area contributed by atoms with Crippen LogP contribution in [0.2, 0.25) is 0 Å². The Morgan fingerprint density at radius 1 is 0.667 bits per heavy atom. The monoisotopic (exact) mass is 236 g/mol. The molecule has 3 rings (SSSR count). The van der Waals surface area contributed by atoms with Gasteiger partial charge in [0.15, 0.2) is 0 Å². The number of aromatic hydroxyl groups is 1. The Balaban J connectivity index is 2.06. The van der Waals surface area contributed by atoms with E-state index in [1.54, 1.807) is 12.1 Å². The number of benzene rings is 2. The fourth-order valence-electron chi connectivity index (χ4n) is 2.68. The van der Waals surface area contributed by atoms with Gasteiger partial charge in [0, 0.05) is 0 Å². The van der Waals surface area contributed by atoms with Gasteiger partial charge in [-0.05, 0) is 53.7 Å². The van der Waals surface area contributed by atoms with Crippen LogP contribution in [0.4, 0.5) is 0 Å². The van der Waals surface area contributed by atoms with E-state index in [9.17, 15) is 5.11 Å². The Morgan fingerprint density at radius 3 is 1.83 bits per heavy atom. The summed E-state index contributed by atoms with van der Waals surface area (Å²) in [4.78, 5) is 0. The molecule has 0 radical (unpaired) electrons. The summed E-state index contributed by atoms with van der Waals surface area (Å²) in [7, 11) is 0. The maximum atomic E-state index is 9.37. The molecule has 0 saturated carbocycles. The number of hydrogen-bond donors (Lipinski definition) is 1. The molecule has 2 aromatic carbocycles. The van der Waals surface area contributed by atoms with Crippen LogP contribution in [0.5, 0.6) is 5.75 Å². The van der Waals surface area contributed by atoms with Crippen LogP contribution in [0.3, 0.4) is 0 Å². The minimum Gasteiger partial charge on any atom is -0.508 e. The van der Waals surface area contributed by atoms with Gasteiger partial charge in [-0.1, -0.05) is 42.5 Å². The molecule has 0 aliphatic heterocycles. The van der Waals surface area contributed by atoms with Crippen LogP contribution in [0.1, 0.15) is 30.4 Å². The zero-order valence-corrected chi connectivity index (χ0v) is 10.3. The number of allylic oxidation sites excluding steroid dienone is 2. The minimum absolute atomic E-state index is 0.332. The zero-order chi connectivity index (χ0) is 12.4. The van der Waals surface area contributed by atoms with Crippen molar-refractivity contribution in [3.63, 3.8) is 0 Å². The summed E-state index contributed by atoms with van der Waals surface area (Å²) in [5.74, 6) is 0.332. The molecule has 0 amide bonds. The van der Waals surface area contributed by atoms with Crippen molar-refractivity contribution in [2.75, 3.05) is 0 Å². The van der Waals surface area contributed by atoms with Crippen molar-refractivity contribution in [2.45, 2.75) is 19.3 Å². The van der Waals surface area contributed by atoms with Crippen molar-refractivity contribution in [1.29, 1.82) is 0 Å². The van der Waals surface area contributed by atoms with E-state index in [4.69, 9.17) is 0 Å². The minimum atomic E-state index is 0.332. The van der Waals surface area contributed by atoms with Crippen molar-refractivity contribution in [3.05, 3.63) is 65.7 Å². The summed E-state index contributed by atoms with van der Waals surface area (Å²) in [6.07, 6.45) is 3.51. The van der Waals surface area contributed by atoms with E-state index in [2.05, 4.69) is 30.3 Å². The standard InChI is InChI=1S/C17H16O/c18-15-11-9-14(10-12-15)17-8-4-7-16(17)13-5-2-1-3-6-13/h1-3,5-6,9-12,18H,4,7-8H2. The molecule has 1 aliphatic rings. The van der Waals surface area contributed by atoms with Gasteiger partial charge in [-0.15, -0.1) is 0 Å². The third kappa shape index (κ3) is 2.04. The predicted octanol–water partition coefficient (Wildman–Crippen LogP) is 4.49. The Hall–Kier alpha value is -2.02. The van der Waals surface area contributed by atoms with Crippen molar-refractivity contribution < 1.29 is 5.11 Å². The predicted molar refractivity (Wildman–Crippen MR) is 75.2 cm³/mol. The molecule has 0 saturated heterocycles. The molecule has 0 fully saturated rings. The van der Waals surface area contributed by atoms with Crippen LogP contribution < -0.4 is 0 Å². The highest BCUT2D eigenvalue weighted by Gasteiger charge is 2.17. The van der Waals surface area contributed by atoms with Crippen LogP contribution in [0, 0.1) is 0 Å². The number of hydrogen-bond acceptors (Lipinski definition) is 1. The highest BCUT2D eigenvalue weighted by atomic mass is 16.3. The lowest BCUT2D eigenvalue weighted by atomic mass is 9.97. The smallest absolute Gasteiger partial charge is 0.115 e. The largest absolute Gasteiger partial charge is 0.508 e. The SMILES string of the molecule is Oc1ccc(C2=C(c3ccccc3)CCC2)cc1. The Morgan fingerprint density at radius 2 is 1.22 bits per heavy atom. The van der Waals surface area contributed by atoms with Gasteiger partial charge < -0.3 is 5.11 Å². The summed E-state index contributed by atoms with van der Waals surface area (Å²) < 4.78 is 0. The lowest BCUT2D eigenvalue weighted by molar-refractivity contribution is 0.475. The summed E-state index contributed by atoms with van der Waals surface area (Å²) in [6, 6.07) is 18.2. The van der Waals surface area contributed by atoms with Crippen molar-refractivity contribution in [1.82, 2.24) is 0 Å². The first kappa shape index (κ1) is 11.1. The van der Waals surface area contributed by atoms with Gasteiger partial charge in [0.1, 0.15) is 5.75 Å². The first-order valence-electron chi connectivity index (χ1n) is 6.41. The molecule has 0 aromatic heterocycles. The van der Waals surface area contributed by atoms with Gasteiger partial charge in [-0.25, -0.2) is 0 Å². The van der Waals surface area contributed by atoms with Crippen LogP contribution in [0.25, 0.3) is 11.1 Å². The lowest BCUT2D eigenvalue weighted by Crippen LogP contribution is -1.85. The number of phenols is 1. The molecule has 0 atom stereocenters. The van der Waals surface area contributed by atoms with Gasteiger partial charge in [0.25, 0.3) is 0 Å². The normalized spacial score (nSPS) is 15.1. The molecule has 90 valence electrons. The Labute approximate surface area is 107 Å². The average molecular weight is 236 g/mol. The van der Waals surface area contributed by atoms with Crippen LogP contribution in [0.15, 0.2) is 54.6 Å². The second-order valence-electron chi connectivity index (χ2n) is 4.72. The fourth-order valence-corrected chi connectivity index (χ4v) is 2.68. The number of rotatable bonds is 2. The fraction of sp³-hybridized carbons (Fsp3) is 0.176. The van der Waals surface area contributed by atoms with E-state index in [-0.39, 0.29) is 0 Å². The molecular formula is C17H16O. The first-order valence-corrected chi connectivity index (χ1v) is 6.41. The molecule has 0 spiro atoms. The highest BCUT2D eigenvalue weighted by molar-refractivity contribution is 5.92. The Bertz CT molecular complexity index is 564. The molecule has 0 unspecified atom stereocenters. The van der Waals surface area contributed by atoms with Crippen molar-refractivity contribution in [3.8, 4) is 5.75 Å². The van der Waals surface area contributed by atoms with Crippen LogP contribution >= 0.6 is 0 Å². The molecule has 18 heavy (non-hydrogen) atoms. The van der Waals surface area contributed by atoms with Gasteiger partial charge >= 0.3 is 0 Å². The van der Waals surface area contributed by atoms with Gasteiger partial charge in [-0.3, -0.25) is 0 Å². The lowest BCUT2D eigenvalue weighted by Gasteiger charge is -2.08. The van der Waals surface area contributed by atoms with Gasteiger partial charge in [0.05, 0.1) is 0 Å². The quantitative estimate of drug-likeness (QED) is 0.814. The average Bonchev–Trinajstić information content (AvgIpc) is 2.90. The van der Waals surface area contributed by atoms with Crippen molar-refractivity contribution in [2.24, 2.45) is 0 Å². The molecule has 1 heteroatoms. The summed E-state index contributed by atoms with van der Waals surface area (Å²) in [5.41, 5.74) is 5.46. The van der Waals surface area contributed by atoms with E-state index in [0.29, 0.717) is 5.75 Å². The third-order valence-corrected chi connectivity index (χ3v) is 3.56. The Kier molecular flexibility index (Phi) is 2.89. The van der Waals surface area contributed by atoms with E-state index < -0.39 is 0 Å². The maximum Gasteiger partial charge on any atom is 0.115 e. The molecule has 1 nitrogen and oxygen atoms in total. The second-order valence-corrected chi connectivity index (χ2v) is 4.72. The van der Waals surface area contributed by atoms with E-state index in [0.717, 1.165) is 12.8 Å². The van der Waals surface area contributed by atoms with Gasteiger partial charge in [0.2, 0.25) is 0 Å². The van der Waals surface area contributed by atoms with Crippen LogP contribution in [-0.2, 0) is 0 Å². The van der Waals surface area contributed by atoms with E-state index >= 15 is 0 Å². The van der Waals surface area contributed by atoms with Crippen molar-refractivity contribution >= 4 is 11.1 Å². The van der Waals surface area contributed by atoms with Crippen LogP contribution in [-0.4, -0.2) is 5.11 Å². The third-order valence-electron chi connectivity index (χ3n) is 3.56. The molecule has 0 bridgehead atoms. The maximum absolute atomic E-state index is 9.37. The van der Waals surface area contributed by atoms with Gasteiger partial charge in [-0.2, -0.15) is 0 Å². The zero-order valence-electron chi connectivity index (χ0n) is 10.3. The summed E-state index contributed by atoms with van der Waals surface area (Å²) in [6.45, 7) is 0. The molecule has 2 aromatic rings. The molecule has 0 heterocycles. The number of phenolic OH excluding ortho intramolecular Hbond substituents is 1. The second kappa shape index (κ2) is 4.69. The first-order chi connectivity index (χ1) is 8.84. The molecule has 1 aliphatic carbocycles. The van der Waals surface area contributed by atoms with E-state index in [1.165, 1.54) is 28.7 Å². The molecular weight excluding hydrogens is 220 g/mol. The van der Waals surface area contributed by atoms with E-state index in [1.807, 2.05) is 12.1 Å². The summed E-state index contributed by atoms with van der Waals surface area (Å²) >= 11 is 0. The summed E-state index contributed by atoms with van der Waals surface area (Å²) in [5, 5.41) is 9.37. The highest BCUT2D eigenvalue weighted by Crippen LogP contribution is 2.39.